The van der Waals surface area contributed by atoms with Gasteiger partial charge >= 0.3 is 5.97 Å². The number of aliphatic carboxylic acids is 1. The third-order valence-corrected chi connectivity index (χ3v) is 0.285. The summed E-state index contributed by atoms with van der Waals surface area (Å²) in [6, 6.07) is 0. The Labute approximate surface area is 35.2 Å². The minimum atomic E-state index is -1.48. The molecule has 0 saturated carbocycles. The van der Waals surface area contributed by atoms with E-state index in [0.717, 1.165) is 0 Å². The van der Waals surface area contributed by atoms with Crippen LogP contribution in [0.5, 0.6) is 0 Å². The summed E-state index contributed by atoms with van der Waals surface area (Å²) in [4.78, 5) is 9.39. The first-order valence-corrected chi connectivity index (χ1v) is 1.38. The van der Waals surface area contributed by atoms with Crippen LogP contribution in [0.25, 0.3) is 0 Å². The molecule has 0 fully saturated rings. The zero-order chi connectivity index (χ0) is 5.15. The maximum atomic E-state index is 9.39. The lowest BCUT2D eigenvalue weighted by atomic mass is 10.4. The van der Waals surface area contributed by atoms with Crippen LogP contribution in [0.3, 0.4) is 0 Å². The Balaban J connectivity index is 3.26. The van der Waals surface area contributed by atoms with Crippen LogP contribution in [-0.2, 0) is 4.79 Å². The molecule has 2 N–H and O–H groups in total. The van der Waals surface area contributed by atoms with Crippen LogP contribution in [0.1, 0.15) is 0 Å². The number of hydrogen-bond acceptors (Lipinski definition) is 2. The van der Waals surface area contributed by atoms with Gasteiger partial charge in [-0.25, -0.2) is 4.79 Å². The Morgan fingerprint density at radius 1 is 1.83 bits per heavy atom. The molecule has 0 aromatic carbocycles. The Bertz CT molecular complexity index is 57.1. The standard InChI is InChI=1S/C3H5O3/c1-2(4)3(5)6/h2,4H,1H2,(H,5,6). The number of aliphatic hydroxyl groups is 1. The van der Waals surface area contributed by atoms with Gasteiger partial charge in [-0.15, -0.1) is 0 Å². The summed E-state index contributed by atoms with van der Waals surface area (Å²) in [5.74, 6) is -1.30. The van der Waals surface area contributed by atoms with E-state index in [1.165, 1.54) is 0 Å². The molecular formula is C3H5O3. The maximum absolute atomic E-state index is 9.39. The van der Waals surface area contributed by atoms with E-state index < -0.39 is 12.1 Å². The molecule has 0 saturated heterocycles. The molecule has 0 heterocycles. The van der Waals surface area contributed by atoms with E-state index in [9.17, 15) is 4.79 Å². The van der Waals surface area contributed by atoms with Crippen molar-refractivity contribution in [3.8, 4) is 0 Å². The fourth-order valence-corrected chi connectivity index (χ4v) is 0. The third-order valence-electron chi connectivity index (χ3n) is 0.285. The second-order valence-electron chi connectivity index (χ2n) is 0.854. The van der Waals surface area contributed by atoms with E-state index in [1.807, 2.05) is 0 Å². The highest BCUT2D eigenvalue weighted by Gasteiger charge is 2.01. The summed E-state index contributed by atoms with van der Waals surface area (Å²) in [6.45, 7) is 2.79. The molecule has 1 radical (unpaired) electrons. The fraction of sp³-hybridized carbons (Fsp3) is 0.333. The van der Waals surface area contributed by atoms with E-state index in [4.69, 9.17) is 10.2 Å². The third kappa shape index (κ3) is 1.72. The highest BCUT2D eigenvalue weighted by Crippen LogP contribution is 1.72. The zero-order valence-corrected chi connectivity index (χ0v) is 3.09. The van der Waals surface area contributed by atoms with Crippen LogP contribution in [0.4, 0.5) is 0 Å². The lowest BCUT2D eigenvalue weighted by Gasteiger charge is -1.88. The lowest BCUT2D eigenvalue weighted by molar-refractivity contribution is -0.144. The van der Waals surface area contributed by atoms with Gasteiger partial charge in [0.2, 0.25) is 0 Å². The lowest BCUT2D eigenvalue weighted by Crippen LogP contribution is -2.14. The summed E-state index contributed by atoms with van der Waals surface area (Å²) in [5, 5.41) is 15.6. The molecule has 0 rings (SSSR count). The van der Waals surface area contributed by atoms with E-state index in [2.05, 4.69) is 6.92 Å². The van der Waals surface area contributed by atoms with Crippen molar-refractivity contribution in [2.45, 2.75) is 6.10 Å². The Morgan fingerprint density at radius 3 is 2.00 bits per heavy atom. The van der Waals surface area contributed by atoms with Crippen LogP contribution in [0.15, 0.2) is 0 Å². The Hall–Kier alpha value is -0.570. The van der Waals surface area contributed by atoms with Crippen LogP contribution in [0.2, 0.25) is 0 Å². The highest BCUT2D eigenvalue weighted by atomic mass is 16.4. The van der Waals surface area contributed by atoms with Gasteiger partial charge in [0.05, 0.1) is 0 Å². The van der Waals surface area contributed by atoms with Crippen molar-refractivity contribution in [3.05, 3.63) is 6.92 Å². The average Bonchev–Trinajstić information content (AvgIpc) is 1.36. The quantitative estimate of drug-likeness (QED) is 0.445. The van der Waals surface area contributed by atoms with Crippen LogP contribution >= 0.6 is 0 Å². The largest absolute Gasteiger partial charge is 0.479 e. The van der Waals surface area contributed by atoms with Gasteiger partial charge in [-0.2, -0.15) is 0 Å². The van der Waals surface area contributed by atoms with Gasteiger partial charge in [0.1, 0.15) is 0 Å². The number of rotatable bonds is 1. The maximum Gasteiger partial charge on any atom is 0.332 e. The molecule has 6 heavy (non-hydrogen) atoms. The summed E-state index contributed by atoms with van der Waals surface area (Å²) >= 11 is 0. The first kappa shape index (κ1) is 5.43. The van der Waals surface area contributed by atoms with Gasteiger partial charge in [-0.1, -0.05) is 0 Å². The van der Waals surface area contributed by atoms with Gasteiger partial charge in [0.15, 0.2) is 6.10 Å². The van der Waals surface area contributed by atoms with Crippen LogP contribution < -0.4 is 0 Å². The van der Waals surface area contributed by atoms with Gasteiger partial charge < -0.3 is 10.2 Å². The van der Waals surface area contributed by atoms with Crippen LogP contribution in [-0.4, -0.2) is 22.3 Å². The van der Waals surface area contributed by atoms with Crippen molar-refractivity contribution >= 4 is 5.97 Å². The number of hydrogen-bond donors (Lipinski definition) is 2. The van der Waals surface area contributed by atoms with E-state index >= 15 is 0 Å². The summed E-state index contributed by atoms with van der Waals surface area (Å²) < 4.78 is 0. The van der Waals surface area contributed by atoms with E-state index in [1.54, 1.807) is 0 Å². The molecule has 1 unspecified atom stereocenters. The zero-order valence-electron chi connectivity index (χ0n) is 3.09. The molecule has 0 bridgehead atoms. The highest BCUT2D eigenvalue weighted by molar-refractivity contribution is 5.72. The predicted molar refractivity (Wildman–Crippen MR) is 19.0 cm³/mol. The first-order chi connectivity index (χ1) is 2.64. The van der Waals surface area contributed by atoms with Crippen molar-refractivity contribution < 1.29 is 15.0 Å². The average molecular weight is 89.1 g/mol. The number of carboxylic acid groups (broad SMARTS) is 1. The molecule has 0 aliphatic rings. The van der Waals surface area contributed by atoms with Gasteiger partial charge in [0, 0.05) is 0 Å². The van der Waals surface area contributed by atoms with Crippen molar-refractivity contribution in [2.75, 3.05) is 0 Å². The smallest absolute Gasteiger partial charge is 0.332 e. The molecule has 3 heteroatoms. The van der Waals surface area contributed by atoms with Gasteiger partial charge in [0.25, 0.3) is 0 Å². The normalized spacial score (nSPS) is 13.7. The molecule has 0 aliphatic carbocycles. The summed E-state index contributed by atoms with van der Waals surface area (Å²) in [5.41, 5.74) is 0. The molecule has 0 aromatic heterocycles. The monoisotopic (exact) mass is 89.0 g/mol. The van der Waals surface area contributed by atoms with Crippen molar-refractivity contribution in [2.24, 2.45) is 0 Å². The minimum Gasteiger partial charge on any atom is -0.479 e. The van der Waals surface area contributed by atoms with Crippen molar-refractivity contribution in [1.82, 2.24) is 0 Å². The van der Waals surface area contributed by atoms with E-state index in [0.29, 0.717) is 0 Å². The Morgan fingerprint density at radius 2 is 2.00 bits per heavy atom. The predicted octanol–water partition coefficient (Wildman–Crippen LogP) is -0.734. The molecule has 0 aliphatic heterocycles. The van der Waals surface area contributed by atoms with Gasteiger partial charge in [-0.05, 0) is 6.92 Å². The molecule has 0 aromatic rings. The van der Waals surface area contributed by atoms with Crippen LogP contribution in [0, 0.1) is 6.92 Å². The number of carbonyl (C=O) groups is 1. The molecule has 1 atom stereocenters. The topological polar surface area (TPSA) is 57.5 Å². The molecule has 0 amide bonds. The fourth-order valence-electron chi connectivity index (χ4n) is 0. The summed E-state index contributed by atoms with van der Waals surface area (Å²) in [6.07, 6.45) is -1.48. The second kappa shape index (κ2) is 1.77. The Kier molecular flexibility index (Phi) is 1.60. The minimum absolute atomic E-state index is 1.30. The second-order valence-corrected chi connectivity index (χ2v) is 0.854. The molecule has 35 valence electrons. The molecular weight excluding hydrogens is 84.0 g/mol. The number of carboxylic acids is 1. The molecule has 3 nitrogen and oxygen atoms in total. The SMILES string of the molecule is [CH2]C(O)C(=O)O. The summed E-state index contributed by atoms with van der Waals surface area (Å²) in [7, 11) is 0. The van der Waals surface area contributed by atoms with Crippen molar-refractivity contribution in [1.29, 1.82) is 0 Å². The molecule has 0 spiro atoms. The number of aliphatic hydroxyl groups excluding tert-OH is 1. The van der Waals surface area contributed by atoms with Crippen molar-refractivity contribution in [3.63, 3.8) is 0 Å². The van der Waals surface area contributed by atoms with Gasteiger partial charge in [-0.3, -0.25) is 0 Å². The first-order valence-electron chi connectivity index (χ1n) is 1.38. The van der Waals surface area contributed by atoms with E-state index in [-0.39, 0.29) is 0 Å².